The highest BCUT2D eigenvalue weighted by molar-refractivity contribution is 5.97. The molecule has 2 aromatic heterocycles. The normalized spacial score (nSPS) is 23.1. The fourth-order valence-corrected chi connectivity index (χ4v) is 6.59. The average Bonchev–Trinajstić information content (AvgIpc) is 2.99. The summed E-state index contributed by atoms with van der Waals surface area (Å²) in [4.78, 5) is 35.5. The summed E-state index contributed by atoms with van der Waals surface area (Å²) in [7, 11) is 0. The summed E-state index contributed by atoms with van der Waals surface area (Å²) in [5, 5.41) is 1.35. The number of pyridine rings is 2. The zero-order valence-electron chi connectivity index (χ0n) is 23.9. The molecule has 2 aliphatic carbocycles. The summed E-state index contributed by atoms with van der Waals surface area (Å²) in [6.07, 6.45) is 16.1. The van der Waals surface area contributed by atoms with Crippen LogP contribution >= 0.6 is 0 Å². The molecule has 2 aliphatic rings. The summed E-state index contributed by atoms with van der Waals surface area (Å²) in [5.74, 6) is 1.84. The summed E-state index contributed by atoms with van der Waals surface area (Å²) in [6, 6.07) is 11.1. The molecule has 0 aliphatic heterocycles. The van der Waals surface area contributed by atoms with E-state index in [1.807, 2.05) is 24.3 Å². The van der Waals surface area contributed by atoms with Crippen LogP contribution < -0.4 is 9.47 Å². The lowest BCUT2D eigenvalue weighted by atomic mass is 9.80. The van der Waals surface area contributed by atoms with Gasteiger partial charge in [0.1, 0.15) is 11.5 Å². The first-order chi connectivity index (χ1) is 19.6. The Labute approximate surface area is 237 Å². The van der Waals surface area contributed by atoms with E-state index in [9.17, 15) is 9.59 Å². The van der Waals surface area contributed by atoms with Crippen molar-refractivity contribution in [1.29, 1.82) is 0 Å². The SMILES string of the molecule is CCCC1CCC(C(=O)Oc2ccc(OC(=O)C3CCC(CCC)CC3)c3cc(-c4ccccn4)ncc23)CC1. The lowest BCUT2D eigenvalue weighted by molar-refractivity contribution is -0.141. The lowest BCUT2D eigenvalue weighted by Crippen LogP contribution is -2.26. The Kier molecular flexibility index (Phi) is 9.45. The first-order valence-corrected chi connectivity index (χ1v) is 15.3. The van der Waals surface area contributed by atoms with Crippen LogP contribution in [0.3, 0.4) is 0 Å². The van der Waals surface area contributed by atoms with Crippen LogP contribution in [-0.2, 0) is 9.59 Å². The molecular weight excluding hydrogens is 500 g/mol. The van der Waals surface area contributed by atoms with E-state index in [2.05, 4.69) is 23.8 Å². The van der Waals surface area contributed by atoms with Gasteiger partial charge in [0.2, 0.25) is 0 Å². The van der Waals surface area contributed by atoms with E-state index in [1.54, 1.807) is 24.5 Å². The summed E-state index contributed by atoms with van der Waals surface area (Å²) < 4.78 is 12.0. The number of hydrogen-bond donors (Lipinski definition) is 0. The molecule has 6 heteroatoms. The monoisotopic (exact) mass is 542 g/mol. The second kappa shape index (κ2) is 13.4. The van der Waals surface area contributed by atoms with Gasteiger partial charge in [-0.05, 0) is 93.5 Å². The van der Waals surface area contributed by atoms with E-state index in [4.69, 9.17) is 9.47 Å². The molecule has 0 amide bonds. The molecule has 0 radical (unpaired) electrons. The van der Waals surface area contributed by atoms with Crippen LogP contribution in [0.5, 0.6) is 11.5 Å². The first-order valence-electron chi connectivity index (χ1n) is 15.3. The average molecular weight is 543 g/mol. The van der Waals surface area contributed by atoms with Gasteiger partial charge < -0.3 is 9.47 Å². The number of ether oxygens (including phenoxy) is 2. The van der Waals surface area contributed by atoms with E-state index < -0.39 is 0 Å². The van der Waals surface area contributed by atoms with Crippen LogP contribution in [0.15, 0.2) is 48.8 Å². The third-order valence-corrected chi connectivity index (χ3v) is 8.92. The molecule has 212 valence electrons. The van der Waals surface area contributed by atoms with Crippen molar-refractivity contribution in [1.82, 2.24) is 9.97 Å². The van der Waals surface area contributed by atoms with Gasteiger partial charge in [-0.3, -0.25) is 19.6 Å². The van der Waals surface area contributed by atoms with Gasteiger partial charge in [0.05, 0.1) is 23.2 Å². The minimum Gasteiger partial charge on any atom is -0.426 e. The van der Waals surface area contributed by atoms with Crippen LogP contribution in [0.2, 0.25) is 0 Å². The standard InChI is InChI=1S/C34H42N2O4/c1-3-7-23-10-14-25(15-11-23)33(37)39-31-18-19-32(40-34(38)26-16-12-24(8-4-2)13-17-26)28-22-36-30(21-27(28)31)29-9-5-6-20-35-29/h5-6,9,18-26H,3-4,7-8,10-17H2,1-2H3. The zero-order chi connectivity index (χ0) is 27.9. The van der Waals surface area contributed by atoms with Gasteiger partial charge in [-0.15, -0.1) is 0 Å². The van der Waals surface area contributed by atoms with Gasteiger partial charge in [-0.1, -0.05) is 45.6 Å². The number of nitrogens with zero attached hydrogens (tertiary/aromatic N) is 2. The molecule has 0 N–H and O–H groups in total. The Morgan fingerprint density at radius 3 is 1.75 bits per heavy atom. The number of esters is 2. The zero-order valence-corrected chi connectivity index (χ0v) is 23.9. The molecule has 0 atom stereocenters. The number of rotatable bonds is 9. The van der Waals surface area contributed by atoms with Gasteiger partial charge in [0.25, 0.3) is 0 Å². The topological polar surface area (TPSA) is 78.4 Å². The van der Waals surface area contributed by atoms with Crippen molar-refractivity contribution in [3.63, 3.8) is 0 Å². The Morgan fingerprint density at radius 2 is 1.25 bits per heavy atom. The third kappa shape index (κ3) is 6.71. The molecule has 6 nitrogen and oxygen atoms in total. The summed E-state index contributed by atoms with van der Waals surface area (Å²) in [6.45, 7) is 4.44. The van der Waals surface area contributed by atoms with Crippen molar-refractivity contribution in [2.24, 2.45) is 23.7 Å². The maximum absolute atomic E-state index is 13.2. The van der Waals surface area contributed by atoms with Crippen LogP contribution in [0.1, 0.15) is 90.9 Å². The quantitative estimate of drug-likeness (QED) is 0.200. The molecule has 0 saturated heterocycles. The second-order valence-corrected chi connectivity index (χ2v) is 11.7. The predicted octanol–water partition coefficient (Wildman–Crippen LogP) is 8.32. The molecule has 2 fully saturated rings. The number of hydrogen-bond acceptors (Lipinski definition) is 6. The Balaban J connectivity index is 1.38. The van der Waals surface area contributed by atoms with Crippen molar-refractivity contribution >= 4 is 22.7 Å². The number of fused-ring (bicyclic) bond motifs is 1. The molecule has 3 aromatic rings. The number of carbonyl (C=O) groups is 2. The summed E-state index contributed by atoms with van der Waals surface area (Å²) in [5.41, 5.74) is 1.39. The highest BCUT2D eigenvalue weighted by atomic mass is 16.5. The first kappa shape index (κ1) is 28.3. The Morgan fingerprint density at radius 1 is 0.700 bits per heavy atom. The maximum atomic E-state index is 13.2. The molecule has 5 rings (SSSR count). The van der Waals surface area contributed by atoms with E-state index in [-0.39, 0.29) is 23.8 Å². The molecule has 40 heavy (non-hydrogen) atoms. The summed E-state index contributed by atoms with van der Waals surface area (Å²) >= 11 is 0. The number of aromatic nitrogens is 2. The predicted molar refractivity (Wildman–Crippen MR) is 157 cm³/mol. The highest BCUT2D eigenvalue weighted by Gasteiger charge is 2.30. The van der Waals surface area contributed by atoms with Crippen LogP contribution in [0.25, 0.3) is 22.2 Å². The molecule has 1 aromatic carbocycles. The van der Waals surface area contributed by atoms with E-state index >= 15 is 0 Å². The van der Waals surface area contributed by atoms with Crippen LogP contribution in [-0.4, -0.2) is 21.9 Å². The fraction of sp³-hybridized carbons (Fsp3) is 0.529. The van der Waals surface area contributed by atoms with Crippen molar-refractivity contribution < 1.29 is 19.1 Å². The van der Waals surface area contributed by atoms with Gasteiger partial charge in [0.15, 0.2) is 0 Å². The van der Waals surface area contributed by atoms with Crippen molar-refractivity contribution in [3.05, 3.63) is 48.8 Å². The van der Waals surface area contributed by atoms with Gasteiger partial charge in [0, 0.05) is 23.2 Å². The van der Waals surface area contributed by atoms with Crippen molar-refractivity contribution in [2.45, 2.75) is 90.9 Å². The largest absolute Gasteiger partial charge is 0.426 e. The molecule has 0 unspecified atom stereocenters. The molecule has 2 saturated carbocycles. The third-order valence-electron chi connectivity index (χ3n) is 8.92. The molecular formula is C34H42N2O4. The van der Waals surface area contributed by atoms with E-state index in [1.165, 1.54) is 25.7 Å². The maximum Gasteiger partial charge on any atom is 0.314 e. The van der Waals surface area contributed by atoms with Crippen LogP contribution in [0, 0.1) is 23.7 Å². The number of benzene rings is 1. The van der Waals surface area contributed by atoms with Crippen molar-refractivity contribution in [3.8, 4) is 22.9 Å². The lowest BCUT2D eigenvalue weighted by Gasteiger charge is -2.27. The smallest absolute Gasteiger partial charge is 0.314 e. The van der Waals surface area contributed by atoms with Crippen LogP contribution in [0.4, 0.5) is 0 Å². The van der Waals surface area contributed by atoms with Gasteiger partial charge in [-0.25, -0.2) is 0 Å². The van der Waals surface area contributed by atoms with Crippen molar-refractivity contribution in [2.75, 3.05) is 0 Å². The van der Waals surface area contributed by atoms with Gasteiger partial charge >= 0.3 is 11.9 Å². The van der Waals surface area contributed by atoms with E-state index in [0.717, 1.165) is 68.9 Å². The highest BCUT2D eigenvalue weighted by Crippen LogP contribution is 2.38. The Bertz CT molecular complexity index is 1290. The van der Waals surface area contributed by atoms with E-state index in [0.29, 0.717) is 28.0 Å². The fourth-order valence-electron chi connectivity index (χ4n) is 6.59. The molecule has 0 spiro atoms. The minimum atomic E-state index is -0.182. The Hall–Kier alpha value is -3.28. The van der Waals surface area contributed by atoms with Gasteiger partial charge in [-0.2, -0.15) is 0 Å². The molecule has 0 bridgehead atoms. The second-order valence-electron chi connectivity index (χ2n) is 11.7. The number of carbonyl (C=O) groups excluding carboxylic acids is 2. The molecule has 2 heterocycles. The minimum absolute atomic E-state index is 0.0794.